The zero-order valence-corrected chi connectivity index (χ0v) is 6.59. The molecule has 0 heterocycles. The SMILES string of the molecule is O=[P+](O)OCCCCCO. The van der Waals surface area contributed by atoms with E-state index in [-0.39, 0.29) is 6.61 Å². The van der Waals surface area contributed by atoms with Crippen molar-refractivity contribution in [3.8, 4) is 0 Å². The van der Waals surface area contributed by atoms with Gasteiger partial charge in [-0.1, -0.05) is 0 Å². The largest absolute Gasteiger partial charge is 0.694 e. The Hall–Kier alpha value is -0.0200. The highest BCUT2D eigenvalue weighted by Crippen LogP contribution is 2.14. The van der Waals surface area contributed by atoms with E-state index in [1.807, 2.05) is 0 Å². The van der Waals surface area contributed by atoms with Gasteiger partial charge in [0.25, 0.3) is 0 Å². The smallest absolute Gasteiger partial charge is 0.396 e. The average molecular weight is 167 g/mol. The average Bonchev–Trinajstić information content (AvgIpc) is 1.87. The molecule has 4 nitrogen and oxygen atoms in total. The molecular formula is C5H12O4P+. The molecule has 2 N–H and O–H groups in total. The molecule has 0 rings (SSSR count). The quantitative estimate of drug-likeness (QED) is 0.454. The lowest BCUT2D eigenvalue weighted by atomic mass is 10.2. The number of rotatable bonds is 6. The molecule has 0 aromatic rings. The van der Waals surface area contributed by atoms with Crippen molar-refractivity contribution in [2.45, 2.75) is 19.3 Å². The molecule has 0 fully saturated rings. The third-order valence-corrected chi connectivity index (χ3v) is 1.41. The van der Waals surface area contributed by atoms with E-state index in [4.69, 9.17) is 10.00 Å². The summed E-state index contributed by atoms with van der Waals surface area (Å²) >= 11 is 0. The molecule has 60 valence electrons. The molecule has 0 aliphatic heterocycles. The lowest BCUT2D eigenvalue weighted by Gasteiger charge is -1.91. The van der Waals surface area contributed by atoms with Crippen molar-refractivity contribution in [2.75, 3.05) is 13.2 Å². The summed E-state index contributed by atoms with van der Waals surface area (Å²) in [6.07, 6.45) is 2.29. The van der Waals surface area contributed by atoms with Crippen LogP contribution < -0.4 is 0 Å². The Kier molecular flexibility index (Phi) is 7.08. The minimum absolute atomic E-state index is 0.172. The molecule has 0 saturated heterocycles. The minimum Gasteiger partial charge on any atom is -0.396 e. The van der Waals surface area contributed by atoms with Gasteiger partial charge < -0.3 is 5.11 Å². The molecule has 1 atom stereocenters. The molecule has 0 aromatic carbocycles. The van der Waals surface area contributed by atoms with Crippen molar-refractivity contribution >= 4 is 8.25 Å². The van der Waals surface area contributed by atoms with E-state index in [9.17, 15) is 4.57 Å². The summed E-state index contributed by atoms with van der Waals surface area (Å²) in [7, 11) is -2.43. The van der Waals surface area contributed by atoms with Crippen molar-refractivity contribution in [1.82, 2.24) is 0 Å². The normalized spacial score (nSPS) is 11.6. The first-order chi connectivity index (χ1) is 4.77. The van der Waals surface area contributed by atoms with E-state index >= 15 is 0 Å². The van der Waals surface area contributed by atoms with Crippen molar-refractivity contribution in [3.63, 3.8) is 0 Å². The van der Waals surface area contributed by atoms with E-state index < -0.39 is 8.25 Å². The maximum Gasteiger partial charge on any atom is 0.694 e. The fourth-order valence-corrected chi connectivity index (χ4v) is 0.819. The second kappa shape index (κ2) is 7.09. The Balaban J connectivity index is 2.84. The third-order valence-electron chi connectivity index (χ3n) is 1.00. The number of hydrogen-bond donors (Lipinski definition) is 2. The lowest BCUT2D eigenvalue weighted by Crippen LogP contribution is -1.88. The zero-order valence-electron chi connectivity index (χ0n) is 5.69. The van der Waals surface area contributed by atoms with Crippen LogP contribution in [-0.4, -0.2) is 23.2 Å². The van der Waals surface area contributed by atoms with E-state index in [1.165, 1.54) is 0 Å². The van der Waals surface area contributed by atoms with Crippen LogP contribution in [0, 0.1) is 0 Å². The highest BCUT2D eigenvalue weighted by Gasteiger charge is 2.09. The van der Waals surface area contributed by atoms with Crippen LogP contribution in [0.2, 0.25) is 0 Å². The predicted octanol–water partition coefficient (Wildman–Crippen LogP) is 0.815. The summed E-state index contributed by atoms with van der Waals surface area (Å²) in [6, 6.07) is 0. The van der Waals surface area contributed by atoms with Crippen LogP contribution in [0.3, 0.4) is 0 Å². The fourth-order valence-electron chi connectivity index (χ4n) is 0.533. The number of hydrogen-bond acceptors (Lipinski definition) is 3. The molecule has 0 spiro atoms. The summed E-state index contributed by atoms with van der Waals surface area (Å²) in [6.45, 7) is 0.469. The Morgan fingerprint density at radius 1 is 1.30 bits per heavy atom. The van der Waals surface area contributed by atoms with Gasteiger partial charge in [0, 0.05) is 11.2 Å². The first-order valence-corrected chi connectivity index (χ1v) is 4.30. The van der Waals surface area contributed by atoms with Gasteiger partial charge >= 0.3 is 8.25 Å². The monoisotopic (exact) mass is 167 g/mol. The first kappa shape index (κ1) is 9.98. The summed E-state index contributed by atoms with van der Waals surface area (Å²) in [5.74, 6) is 0. The Morgan fingerprint density at radius 3 is 2.50 bits per heavy atom. The number of unbranched alkanes of at least 4 members (excludes halogenated alkanes) is 2. The van der Waals surface area contributed by atoms with Gasteiger partial charge in [-0.2, -0.15) is 0 Å². The molecule has 0 aliphatic rings. The van der Waals surface area contributed by atoms with Gasteiger partial charge in [-0.25, -0.2) is 0 Å². The van der Waals surface area contributed by atoms with Gasteiger partial charge in [0.2, 0.25) is 0 Å². The standard InChI is InChI=1S/C5H11O4P/c6-4-2-1-3-5-9-10(7)8/h6H,1-5H2/p+1. The van der Waals surface area contributed by atoms with Crippen LogP contribution >= 0.6 is 8.25 Å². The molecule has 0 aliphatic carbocycles. The van der Waals surface area contributed by atoms with Crippen molar-refractivity contribution in [3.05, 3.63) is 0 Å². The van der Waals surface area contributed by atoms with E-state index in [0.29, 0.717) is 6.61 Å². The van der Waals surface area contributed by atoms with E-state index in [0.717, 1.165) is 19.3 Å². The third kappa shape index (κ3) is 7.98. The Bertz CT molecular complexity index is 95.6. The lowest BCUT2D eigenvalue weighted by molar-refractivity contribution is 0.255. The molecule has 0 amide bonds. The molecule has 0 saturated carbocycles. The van der Waals surface area contributed by atoms with Crippen LogP contribution in [0.5, 0.6) is 0 Å². The predicted molar refractivity (Wildman–Crippen MR) is 36.7 cm³/mol. The second-order valence-electron chi connectivity index (χ2n) is 1.86. The zero-order chi connectivity index (χ0) is 7.82. The van der Waals surface area contributed by atoms with Crippen LogP contribution in [0.15, 0.2) is 0 Å². The maximum absolute atomic E-state index is 9.91. The molecule has 0 aromatic heterocycles. The van der Waals surface area contributed by atoms with Crippen LogP contribution in [0.4, 0.5) is 0 Å². The van der Waals surface area contributed by atoms with Gasteiger partial charge in [0.05, 0.1) is 0 Å². The topological polar surface area (TPSA) is 66.8 Å². The van der Waals surface area contributed by atoms with E-state index in [1.54, 1.807) is 0 Å². The Labute approximate surface area is 60.8 Å². The van der Waals surface area contributed by atoms with Crippen molar-refractivity contribution < 1.29 is 19.1 Å². The summed E-state index contributed by atoms with van der Waals surface area (Å²) in [4.78, 5) is 8.15. The highest BCUT2D eigenvalue weighted by atomic mass is 31.1. The molecule has 1 unspecified atom stereocenters. The van der Waals surface area contributed by atoms with Crippen LogP contribution in [-0.2, 0) is 9.09 Å². The fraction of sp³-hybridized carbons (Fsp3) is 1.00. The first-order valence-electron chi connectivity index (χ1n) is 3.17. The summed E-state index contributed by atoms with van der Waals surface area (Å²) < 4.78 is 14.3. The number of aliphatic hydroxyl groups is 1. The van der Waals surface area contributed by atoms with Gasteiger partial charge in [-0.3, -0.25) is 0 Å². The molecule has 0 bridgehead atoms. The second-order valence-corrected chi connectivity index (χ2v) is 2.59. The maximum atomic E-state index is 9.91. The van der Waals surface area contributed by atoms with Crippen LogP contribution in [0.1, 0.15) is 19.3 Å². The molecule has 0 radical (unpaired) electrons. The summed E-state index contributed by atoms with van der Waals surface area (Å²) in [5.41, 5.74) is 0. The molecule has 5 heteroatoms. The molecular weight excluding hydrogens is 155 g/mol. The highest BCUT2D eigenvalue weighted by molar-refractivity contribution is 7.32. The number of aliphatic hydroxyl groups excluding tert-OH is 1. The Morgan fingerprint density at radius 2 is 2.00 bits per heavy atom. The van der Waals surface area contributed by atoms with Crippen molar-refractivity contribution in [1.29, 1.82) is 0 Å². The van der Waals surface area contributed by atoms with Gasteiger partial charge in [0.1, 0.15) is 6.61 Å². The van der Waals surface area contributed by atoms with Crippen LogP contribution in [0.25, 0.3) is 0 Å². The van der Waals surface area contributed by atoms with E-state index in [2.05, 4.69) is 4.52 Å². The van der Waals surface area contributed by atoms with Crippen molar-refractivity contribution in [2.24, 2.45) is 0 Å². The minimum atomic E-state index is -2.43. The molecule has 10 heavy (non-hydrogen) atoms. The van der Waals surface area contributed by atoms with Gasteiger partial charge in [0.15, 0.2) is 0 Å². The van der Waals surface area contributed by atoms with Gasteiger partial charge in [-0.15, -0.1) is 9.42 Å². The van der Waals surface area contributed by atoms with Gasteiger partial charge in [-0.05, 0) is 19.3 Å². The summed E-state index contributed by atoms with van der Waals surface area (Å²) in [5, 5.41) is 8.33.